The van der Waals surface area contributed by atoms with Crippen LogP contribution in [0, 0.1) is 0 Å². The van der Waals surface area contributed by atoms with Crippen LogP contribution in [0.5, 0.6) is 5.75 Å². The van der Waals surface area contributed by atoms with E-state index in [1.807, 2.05) is 0 Å². The van der Waals surface area contributed by atoms with E-state index >= 15 is 0 Å². The monoisotopic (exact) mass is 195 g/mol. The number of halogens is 1. The smallest absolute Gasteiger partial charge is 0.148 e. The summed E-state index contributed by atoms with van der Waals surface area (Å²) in [4.78, 5) is 0. The Bertz CT molecular complexity index is 353. The molecule has 1 aliphatic carbocycles. The number of phenolic OH excluding ortho intramolecular Hbond substituents is 1. The van der Waals surface area contributed by atoms with Gasteiger partial charge in [0.15, 0.2) is 0 Å². The molecule has 0 saturated heterocycles. The predicted octanol–water partition coefficient (Wildman–Crippen LogP) is 1.85. The van der Waals surface area contributed by atoms with E-state index in [1.165, 1.54) is 0 Å². The maximum atomic E-state index is 14.2. The highest BCUT2D eigenvalue weighted by atomic mass is 19.1. The van der Waals surface area contributed by atoms with Gasteiger partial charge in [0.1, 0.15) is 11.4 Å². The summed E-state index contributed by atoms with van der Waals surface area (Å²) < 4.78 is 14.2. The Balaban J connectivity index is 2.55. The fourth-order valence-corrected chi connectivity index (χ4v) is 2.15. The van der Waals surface area contributed by atoms with Crippen LogP contribution in [0.4, 0.5) is 4.39 Å². The van der Waals surface area contributed by atoms with E-state index in [9.17, 15) is 9.50 Å². The summed E-state index contributed by atoms with van der Waals surface area (Å²) in [5.41, 5.74) is 5.31. The molecule has 1 aromatic rings. The van der Waals surface area contributed by atoms with Gasteiger partial charge >= 0.3 is 0 Å². The van der Waals surface area contributed by atoms with E-state index in [-0.39, 0.29) is 12.3 Å². The molecule has 2 rings (SSSR count). The van der Waals surface area contributed by atoms with E-state index in [1.54, 1.807) is 18.2 Å². The van der Waals surface area contributed by atoms with E-state index in [4.69, 9.17) is 5.73 Å². The zero-order valence-electron chi connectivity index (χ0n) is 7.96. The van der Waals surface area contributed by atoms with E-state index in [2.05, 4.69) is 0 Å². The standard InChI is InChI=1S/C11H14FNO/c12-11(7-13)6-2-3-8-9(11)4-1-5-10(8)14/h1,4-5,14H,2-3,6-7,13H2. The Kier molecular flexibility index (Phi) is 2.19. The zero-order chi connectivity index (χ0) is 10.2. The van der Waals surface area contributed by atoms with Gasteiger partial charge < -0.3 is 10.8 Å². The molecule has 3 heteroatoms. The second kappa shape index (κ2) is 3.24. The summed E-state index contributed by atoms with van der Waals surface area (Å²) in [5, 5.41) is 9.58. The topological polar surface area (TPSA) is 46.2 Å². The number of rotatable bonds is 1. The molecule has 0 saturated carbocycles. The quantitative estimate of drug-likeness (QED) is 0.718. The Morgan fingerprint density at radius 3 is 3.00 bits per heavy atom. The highest BCUT2D eigenvalue weighted by Crippen LogP contribution is 2.40. The molecule has 0 aromatic heterocycles. The Labute approximate surface area is 82.5 Å². The van der Waals surface area contributed by atoms with Crippen molar-refractivity contribution in [1.29, 1.82) is 0 Å². The van der Waals surface area contributed by atoms with E-state index in [0.717, 1.165) is 18.4 Å². The molecular weight excluding hydrogens is 181 g/mol. The van der Waals surface area contributed by atoms with Gasteiger partial charge in [0.25, 0.3) is 0 Å². The fraction of sp³-hybridized carbons (Fsp3) is 0.455. The van der Waals surface area contributed by atoms with Gasteiger partial charge in [-0.3, -0.25) is 0 Å². The molecule has 0 amide bonds. The number of hydrogen-bond acceptors (Lipinski definition) is 2. The summed E-state index contributed by atoms with van der Waals surface area (Å²) in [5.74, 6) is 0.192. The molecule has 1 aromatic carbocycles. The average Bonchev–Trinajstić information content (AvgIpc) is 2.20. The van der Waals surface area contributed by atoms with E-state index in [0.29, 0.717) is 12.0 Å². The highest BCUT2D eigenvalue weighted by molar-refractivity contribution is 5.44. The third-order valence-corrected chi connectivity index (χ3v) is 2.96. The predicted molar refractivity (Wildman–Crippen MR) is 52.9 cm³/mol. The third kappa shape index (κ3) is 1.28. The van der Waals surface area contributed by atoms with Gasteiger partial charge in [-0.25, -0.2) is 4.39 Å². The highest BCUT2D eigenvalue weighted by Gasteiger charge is 2.36. The second-order valence-electron chi connectivity index (χ2n) is 3.83. The molecule has 0 aliphatic heterocycles. The van der Waals surface area contributed by atoms with Gasteiger partial charge in [-0.15, -0.1) is 0 Å². The van der Waals surface area contributed by atoms with Crippen molar-refractivity contribution in [3.8, 4) is 5.75 Å². The number of alkyl halides is 1. The minimum absolute atomic E-state index is 0.0105. The minimum atomic E-state index is -1.44. The normalized spacial score (nSPS) is 25.9. The molecule has 3 N–H and O–H groups in total. The van der Waals surface area contributed by atoms with Crippen LogP contribution < -0.4 is 5.73 Å². The van der Waals surface area contributed by atoms with Crippen LogP contribution in [0.25, 0.3) is 0 Å². The van der Waals surface area contributed by atoms with Gasteiger partial charge in [-0.1, -0.05) is 12.1 Å². The first-order valence-corrected chi connectivity index (χ1v) is 4.88. The summed E-state index contributed by atoms with van der Waals surface area (Å²) in [7, 11) is 0. The largest absolute Gasteiger partial charge is 0.508 e. The van der Waals surface area contributed by atoms with Crippen LogP contribution >= 0.6 is 0 Å². The number of hydrogen-bond donors (Lipinski definition) is 2. The van der Waals surface area contributed by atoms with Crippen LogP contribution in [0.2, 0.25) is 0 Å². The Morgan fingerprint density at radius 1 is 1.50 bits per heavy atom. The second-order valence-corrected chi connectivity index (χ2v) is 3.83. The Morgan fingerprint density at radius 2 is 2.29 bits per heavy atom. The molecule has 1 aliphatic rings. The van der Waals surface area contributed by atoms with Crippen LogP contribution in [0.15, 0.2) is 18.2 Å². The number of aromatic hydroxyl groups is 1. The van der Waals surface area contributed by atoms with Gasteiger partial charge in [0.05, 0.1) is 0 Å². The third-order valence-electron chi connectivity index (χ3n) is 2.96. The molecule has 76 valence electrons. The van der Waals surface area contributed by atoms with Crippen molar-refractivity contribution in [3.63, 3.8) is 0 Å². The number of fused-ring (bicyclic) bond motifs is 1. The molecular formula is C11H14FNO. The summed E-state index contributed by atoms with van der Waals surface area (Å²) in [6.07, 6.45) is 1.95. The number of phenols is 1. The zero-order valence-corrected chi connectivity index (χ0v) is 7.96. The van der Waals surface area contributed by atoms with Crippen LogP contribution in [0.1, 0.15) is 24.0 Å². The fourth-order valence-electron chi connectivity index (χ4n) is 2.15. The maximum Gasteiger partial charge on any atom is 0.148 e. The lowest BCUT2D eigenvalue weighted by Crippen LogP contribution is -2.34. The summed E-state index contributed by atoms with van der Waals surface area (Å²) in [6, 6.07) is 4.99. The van der Waals surface area contributed by atoms with Gasteiger partial charge in [-0.2, -0.15) is 0 Å². The molecule has 0 radical (unpaired) electrons. The molecule has 0 fully saturated rings. The molecule has 1 atom stereocenters. The lowest BCUT2D eigenvalue weighted by atomic mass is 9.80. The van der Waals surface area contributed by atoms with Crippen molar-refractivity contribution in [2.75, 3.05) is 6.54 Å². The van der Waals surface area contributed by atoms with Crippen molar-refractivity contribution in [2.24, 2.45) is 5.73 Å². The number of nitrogens with two attached hydrogens (primary N) is 1. The molecule has 1 unspecified atom stereocenters. The molecule has 2 nitrogen and oxygen atoms in total. The molecule has 0 spiro atoms. The lowest BCUT2D eigenvalue weighted by Gasteiger charge is -2.31. The first kappa shape index (κ1) is 9.46. The molecule has 0 heterocycles. The van der Waals surface area contributed by atoms with Crippen molar-refractivity contribution < 1.29 is 9.50 Å². The first-order valence-electron chi connectivity index (χ1n) is 4.88. The minimum Gasteiger partial charge on any atom is -0.508 e. The lowest BCUT2D eigenvalue weighted by molar-refractivity contribution is 0.146. The van der Waals surface area contributed by atoms with Crippen molar-refractivity contribution in [1.82, 2.24) is 0 Å². The van der Waals surface area contributed by atoms with Gasteiger partial charge in [-0.05, 0) is 30.9 Å². The van der Waals surface area contributed by atoms with Crippen molar-refractivity contribution in [2.45, 2.75) is 24.9 Å². The van der Waals surface area contributed by atoms with Crippen LogP contribution in [0.3, 0.4) is 0 Å². The maximum absolute atomic E-state index is 14.2. The van der Waals surface area contributed by atoms with Crippen molar-refractivity contribution in [3.05, 3.63) is 29.3 Å². The Hall–Kier alpha value is -1.09. The van der Waals surface area contributed by atoms with E-state index < -0.39 is 5.67 Å². The van der Waals surface area contributed by atoms with Gasteiger partial charge in [0, 0.05) is 12.1 Å². The van der Waals surface area contributed by atoms with Crippen LogP contribution in [-0.4, -0.2) is 11.7 Å². The van der Waals surface area contributed by atoms with Crippen LogP contribution in [-0.2, 0) is 12.1 Å². The average molecular weight is 195 g/mol. The first-order chi connectivity index (χ1) is 6.67. The molecule has 14 heavy (non-hydrogen) atoms. The van der Waals surface area contributed by atoms with Crippen molar-refractivity contribution >= 4 is 0 Å². The number of benzene rings is 1. The SMILES string of the molecule is NCC1(F)CCCc2c(O)cccc21. The molecule has 0 bridgehead atoms. The summed E-state index contributed by atoms with van der Waals surface area (Å²) >= 11 is 0. The summed E-state index contributed by atoms with van der Waals surface area (Å²) in [6.45, 7) is -0.0105. The van der Waals surface area contributed by atoms with Gasteiger partial charge in [0.2, 0.25) is 0 Å².